The number of fused-ring (bicyclic) bond motifs is 5. The number of hydrogen-bond acceptors (Lipinski definition) is 3. The summed E-state index contributed by atoms with van der Waals surface area (Å²) in [6, 6.07) is 23.1. The second-order valence-electron chi connectivity index (χ2n) is 10.4. The third-order valence-corrected chi connectivity index (χ3v) is 8.30. The zero-order chi connectivity index (χ0) is 24.6. The first kappa shape index (κ1) is 23.0. The summed E-state index contributed by atoms with van der Waals surface area (Å²) in [5, 5.41) is 0. The predicted molar refractivity (Wildman–Crippen MR) is 136 cm³/mol. The number of ether oxygens (including phenoxy) is 1. The summed E-state index contributed by atoms with van der Waals surface area (Å²) in [6.45, 7) is 0.304. The fraction of sp³-hybridized carbons (Fsp3) is 0.355. The fourth-order valence-corrected chi connectivity index (χ4v) is 6.58. The van der Waals surface area contributed by atoms with Gasteiger partial charge in [0.1, 0.15) is 18.2 Å². The molecule has 3 aromatic rings. The number of nitrogens with zero attached hydrogens (tertiary/aromatic N) is 1. The van der Waals surface area contributed by atoms with Gasteiger partial charge in [0.05, 0.1) is 0 Å². The number of benzene rings is 3. The molecule has 0 saturated carbocycles. The van der Waals surface area contributed by atoms with Crippen molar-refractivity contribution >= 4 is 11.9 Å². The lowest BCUT2D eigenvalue weighted by Crippen LogP contribution is -2.56. The quantitative estimate of drug-likeness (QED) is 0.415. The molecule has 1 amide bonds. The van der Waals surface area contributed by atoms with Gasteiger partial charge in [-0.3, -0.25) is 4.79 Å². The van der Waals surface area contributed by atoms with Gasteiger partial charge in [0.15, 0.2) is 0 Å². The number of halogens is 1. The Balaban J connectivity index is 1.14. The minimum atomic E-state index is -0.331. The molecule has 6 rings (SSSR count). The van der Waals surface area contributed by atoms with Crippen molar-refractivity contribution in [2.45, 2.75) is 56.5 Å². The van der Waals surface area contributed by atoms with E-state index in [1.165, 1.54) is 28.3 Å². The van der Waals surface area contributed by atoms with Gasteiger partial charge in [0.2, 0.25) is 0 Å². The van der Waals surface area contributed by atoms with Gasteiger partial charge in [-0.1, -0.05) is 66.7 Å². The van der Waals surface area contributed by atoms with Crippen molar-refractivity contribution in [1.29, 1.82) is 0 Å². The topological polar surface area (TPSA) is 46.6 Å². The third kappa shape index (κ3) is 4.11. The molecule has 0 radical (unpaired) electrons. The summed E-state index contributed by atoms with van der Waals surface area (Å²) in [5.74, 6) is -0.370. The SMILES string of the molecule is O=C(Cc1ccccc1F)C1CC2CCCC(C1)N2C(=O)OCC1c2ccccc2-c2ccccc21. The molecule has 2 bridgehead atoms. The first-order valence-corrected chi connectivity index (χ1v) is 13.0. The highest BCUT2D eigenvalue weighted by Gasteiger charge is 2.44. The lowest BCUT2D eigenvalue weighted by atomic mass is 9.76. The van der Waals surface area contributed by atoms with E-state index in [2.05, 4.69) is 24.3 Å². The number of hydrogen-bond donors (Lipinski definition) is 0. The van der Waals surface area contributed by atoms with Gasteiger partial charge in [0, 0.05) is 30.3 Å². The van der Waals surface area contributed by atoms with Crippen LogP contribution in [0.25, 0.3) is 11.1 Å². The first-order valence-electron chi connectivity index (χ1n) is 13.0. The minimum absolute atomic E-state index is 0.00252. The van der Waals surface area contributed by atoms with Crippen LogP contribution in [-0.2, 0) is 16.0 Å². The first-order chi connectivity index (χ1) is 17.6. The molecule has 2 heterocycles. The summed E-state index contributed by atoms with van der Waals surface area (Å²) in [7, 11) is 0. The maximum absolute atomic E-state index is 14.1. The van der Waals surface area contributed by atoms with Crippen LogP contribution in [-0.4, -0.2) is 35.5 Å². The Morgan fingerprint density at radius 1 is 0.833 bits per heavy atom. The van der Waals surface area contributed by atoms with Crippen molar-refractivity contribution in [2.75, 3.05) is 6.61 Å². The molecule has 2 aliphatic heterocycles. The lowest BCUT2D eigenvalue weighted by molar-refractivity contribution is -0.126. The van der Waals surface area contributed by atoms with Crippen LogP contribution in [0.3, 0.4) is 0 Å². The minimum Gasteiger partial charge on any atom is -0.448 e. The highest BCUT2D eigenvalue weighted by molar-refractivity contribution is 5.84. The molecule has 0 aromatic heterocycles. The normalized spacial score (nSPS) is 22.6. The van der Waals surface area contributed by atoms with E-state index in [-0.39, 0.29) is 48.0 Å². The summed E-state index contributed by atoms with van der Waals surface area (Å²) >= 11 is 0. The molecule has 2 atom stereocenters. The molecule has 1 aliphatic carbocycles. The molecule has 0 spiro atoms. The van der Waals surface area contributed by atoms with E-state index < -0.39 is 0 Å². The van der Waals surface area contributed by atoms with Crippen LogP contribution < -0.4 is 0 Å². The van der Waals surface area contributed by atoms with Crippen molar-refractivity contribution in [2.24, 2.45) is 5.92 Å². The van der Waals surface area contributed by atoms with Crippen LogP contribution >= 0.6 is 0 Å². The molecule has 0 N–H and O–H groups in total. The Bertz CT molecular complexity index is 1240. The molecule has 4 nitrogen and oxygen atoms in total. The Labute approximate surface area is 211 Å². The van der Waals surface area contributed by atoms with Crippen LogP contribution in [0.15, 0.2) is 72.8 Å². The number of rotatable bonds is 5. The van der Waals surface area contributed by atoms with Crippen molar-refractivity contribution in [3.05, 3.63) is 95.3 Å². The monoisotopic (exact) mass is 483 g/mol. The zero-order valence-electron chi connectivity index (χ0n) is 20.2. The summed E-state index contributed by atoms with van der Waals surface area (Å²) in [5.41, 5.74) is 5.26. The summed E-state index contributed by atoms with van der Waals surface area (Å²) < 4.78 is 20.1. The largest absolute Gasteiger partial charge is 0.448 e. The van der Waals surface area contributed by atoms with Crippen LogP contribution in [0.1, 0.15) is 54.7 Å². The molecule has 2 saturated heterocycles. The maximum atomic E-state index is 14.1. The number of piperidine rings is 2. The number of ketones is 1. The Morgan fingerprint density at radius 3 is 2.06 bits per heavy atom. The zero-order valence-corrected chi connectivity index (χ0v) is 20.2. The molecule has 5 heteroatoms. The molecular weight excluding hydrogens is 453 g/mol. The highest BCUT2D eigenvalue weighted by Crippen LogP contribution is 2.45. The van der Waals surface area contributed by atoms with E-state index in [0.717, 1.165) is 19.3 Å². The lowest BCUT2D eigenvalue weighted by Gasteiger charge is -2.47. The maximum Gasteiger partial charge on any atom is 0.410 e. The average Bonchev–Trinajstić information content (AvgIpc) is 3.21. The van der Waals surface area contributed by atoms with E-state index in [9.17, 15) is 14.0 Å². The second-order valence-corrected chi connectivity index (χ2v) is 10.4. The van der Waals surface area contributed by atoms with Gasteiger partial charge in [-0.05, 0) is 66.0 Å². The Kier molecular flexibility index (Phi) is 6.08. The molecule has 2 fully saturated rings. The summed E-state index contributed by atoms with van der Waals surface area (Å²) in [6.07, 6.45) is 3.92. The molecule has 184 valence electrons. The smallest absolute Gasteiger partial charge is 0.410 e. The van der Waals surface area contributed by atoms with E-state index in [4.69, 9.17) is 4.74 Å². The van der Waals surface area contributed by atoms with Crippen molar-refractivity contribution in [3.8, 4) is 11.1 Å². The van der Waals surface area contributed by atoms with Gasteiger partial charge in [0.25, 0.3) is 0 Å². The standard InChI is InChI=1S/C31H30FNO3/c32-29-15-6-1-8-20(29)18-30(34)21-16-22-9-7-10-23(17-21)33(22)31(35)36-19-28-26-13-4-2-11-24(26)25-12-3-5-14-27(25)28/h1-6,8,11-15,21-23,28H,7,9-10,16-19H2. The number of carbonyl (C=O) groups excluding carboxylic acids is 2. The average molecular weight is 484 g/mol. The van der Waals surface area contributed by atoms with Gasteiger partial charge in [-0.25, -0.2) is 9.18 Å². The van der Waals surface area contributed by atoms with Gasteiger partial charge >= 0.3 is 6.09 Å². The van der Waals surface area contributed by atoms with Crippen LogP contribution in [0.2, 0.25) is 0 Å². The van der Waals surface area contributed by atoms with E-state index in [0.29, 0.717) is 25.0 Å². The Hall–Kier alpha value is -3.47. The van der Waals surface area contributed by atoms with E-state index in [1.807, 2.05) is 29.2 Å². The van der Waals surface area contributed by atoms with Crippen LogP contribution in [0, 0.1) is 11.7 Å². The molecule has 36 heavy (non-hydrogen) atoms. The van der Waals surface area contributed by atoms with Crippen molar-refractivity contribution < 1.29 is 18.7 Å². The van der Waals surface area contributed by atoms with Gasteiger partial charge in [-0.15, -0.1) is 0 Å². The van der Waals surface area contributed by atoms with Crippen molar-refractivity contribution in [1.82, 2.24) is 4.90 Å². The molecule has 3 aromatic carbocycles. The van der Waals surface area contributed by atoms with Crippen molar-refractivity contribution in [3.63, 3.8) is 0 Å². The van der Waals surface area contributed by atoms with Crippen LogP contribution in [0.4, 0.5) is 9.18 Å². The van der Waals surface area contributed by atoms with Gasteiger partial charge in [-0.2, -0.15) is 0 Å². The molecule has 2 unspecified atom stereocenters. The highest BCUT2D eigenvalue weighted by atomic mass is 19.1. The Morgan fingerprint density at radius 2 is 1.42 bits per heavy atom. The van der Waals surface area contributed by atoms with Crippen LogP contribution in [0.5, 0.6) is 0 Å². The molecule has 3 aliphatic rings. The number of carbonyl (C=O) groups is 2. The van der Waals surface area contributed by atoms with Gasteiger partial charge < -0.3 is 9.64 Å². The predicted octanol–water partition coefficient (Wildman–Crippen LogP) is 6.52. The molecular formula is C31H30FNO3. The van der Waals surface area contributed by atoms with E-state index >= 15 is 0 Å². The van der Waals surface area contributed by atoms with E-state index in [1.54, 1.807) is 18.2 Å². The third-order valence-electron chi connectivity index (χ3n) is 8.30. The second kappa shape index (κ2) is 9.53. The number of Topliss-reactive ketones (excluding diaryl/α,β-unsaturated/α-hetero) is 1. The fourth-order valence-electron chi connectivity index (χ4n) is 6.58. The summed E-state index contributed by atoms with van der Waals surface area (Å²) in [4.78, 5) is 28.3. The number of amides is 1.